The van der Waals surface area contributed by atoms with Crippen molar-refractivity contribution in [1.29, 1.82) is 0 Å². The van der Waals surface area contributed by atoms with Crippen LogP contribution in [0.3, 0.4) is 0 Å². The van der Waals surface area contributed by atoms with Crippen LogP contribution >= 0.6 is 11.8 Å². The third-order valence-corrected chi connectivity index (χ3v) is 3.29. The van der Waals surface area contributed by atoms with Gasteiger partial charge in [-0.25, -0.2) is 0 Å². The van der Waals surface area contributed by atoms with Gasteiger partial charge >= 0.3 is 0 Å². The molecule has 0 aromatic carbocycles. The number of rotatable bonds is 6. The molecule has 0 aliphatic heterocycles. The lowest BCUT2D eigenvalue weighted by Crippen LogP contribution is -2.30. The van der Waals surface area contributed by atoms with E-state index in [0.717, 1.165) is 6.42 Å². The standard InChI is InChI=1S/C8H19NO2S/c1-3-8(9)6(2)12-5-7(11)4-10/h6-8,10-11H,3-5,9H2,1-2H3. The van der Waals surface area contributed by atoms with E-state index in [1.807, 2.05) is 13.8 Å². The molecule has 4 heteroatoms. The van der Waals surface area contributed by atoms with Gasteiger partial charge in [0.15, 0.2) is 0 Å². The number of aliphatic hydroxyl groups excluding tert-OH is 2. The molecule has 0 aliphatic carbocycles. The van der Waals surface area contributed by atoms with E-state index in [1.54, 1.807) is 11.8 Å². The molecule has 0 rings (SSSR count). The van der Waals surface area contributed by atoms with Crippen molar-refractivity contribution in [2.75, 3.05) is 12.4 Å². The van der Waals surface area contributed by atoms with Gasteiger partial charge in [0.1, 0.15) is 0 Å². The number of thioether (sulfide) groups is 1. The van der Waals surface area contributed by atoms with Gasteiger partial charge < -0.3 is 15.9 Å². The van der Waals surface area contributed by atoms with Gasteiger partial charge in [-0.3, -0.25) is 0 Å². The third-order valence-electron chi connectivity index (χ3n) is 1.84. The van der Waals surface area contributed by atoms with E-state index in [-0.39, 0.29) is 12.6 Å². The Labute approximate surface area is 78.3 Å². The SMILES string of the molecule is CCC(N)C(C)SCC(O)CO. The fraction of sp³-hybridized carbons (Fsp3) is 1.00. The summed E-state index contributed by atoms with van der Waals surface area (Å²) < 4.78 is 0. The first kappa shape index (κ1) is 12.2. The molecule has 0 bridgehead atoms. The lowest BCUT2D eigenvalue weighted by Gasteiger charge is -2.18. The topological polar surface area (TPSA) is 66.5 Å². The molecule has 4 N–H and O–H groups in total. The second-order valence-electron chi connectivity index (χ2n) is 2.95. The zero-order chi connectivity index (χ0) is 9.56. The number of aliphatic hydroxyl groups is 2. The molecule has 0 spiro atoms. The summed E-state index contributed by atoms with van der Waals surface area (Å²) in [5, 5.41) is 17.9. The average molecular weight is 193 g/mol. The number of nitrogens with two attached hydrogens (primary N) is 1. The summed E-state index contributed by atoms with van der Waals surface area (Å²) in [5.74, 6) is 0.561. The zero-order valence-corrected chi connectivity index (χ0v) is 8.55. The average Bonchev–Trinajstić information content (AvgIpc) is 2.11. The molecule has 0 saturated heterocycles. The Morgan fingerprint density at radius 3 is 2.50 bits per heavy atom. The molecular formula is C8H19NO2S. The minimum atomic E-state index is -0.610. The summed E-state index contributed by atoms with van der Waals surface area (Å²) in [7, 11) is 0. The summed E-state index contributed by atoms with van der Waals surface area (Å²) in [6, 6.07) is 0.181. The molecule has 0 aliphatic rings. The Kier molecular flexibility index (Phi) is 6.84. The van der Waals surface area contributed by atoms with Crippen LogP contribution in [-0.4, -0.2) is 40.0 Å². The maximum absolute atomic E-state index is 9.05. The molecule has 3 unspecified atom stereocenters. The Bertz CT molecular complexity index is 113. The van der Waals surface area contributed by atoms with Crippen molar-refractivity contribution in [3.8, 4) is 0 Å². The van der Waals surface area contributed by atoms with Gasteiger partial charge in [-0.05, 0) is 6.42 Å². The van der Waals surface area contributed by atoms with E-state index < -0.39 is 6.10 Å². The molecule has 0 aromatic heterocycles. The summed E-state index contributed by atoms with van der Waals surface area (Å²) >= 11 is 1.61. The van der Waals surface area contributed by atoms with E-state index in [0.29, 0.717) is 11.0 Å². The number of hydrogen-bond donors (Lipinski definition) is 3. The summed E-state index contributed by atoms with van der Waals surface area (Å²) in [6.45, 7) is 3.92. The van der Waals surface area contributed by atoms with Gasteiger partial charge in [-0.1, -0.05) is 13.8 Å². The van der Waals surface area contributed by atoms with Crippen LogP contribution < -0.4 is 5.73 Å². The van der Waals surface area contributed by atoms with E-state index in [2.05, 4.69) is 0 Å². The number of hydrogen-bond acceptors (Lipinski definition) is 4. The molecule has 3 nitrogen and oxygen atoms in total. The smallest absolute Gasteiger partial charge is 0.0861 e. The first-order valence-corrected chi connectivity index (χ1v) is 5.32. The van der Waals surface area contributed by atoms with Crippen LogP contribution in [0.1, 0.15) is 20.3 Å². The first-order valence-electron chi connectivity index (χ1n) is 4.27. The van der Waals surface area contributed by atoms with Crippen molar-refractivity contribution in [3.63, 3.8) is 0 Å². The predicted octanol–water partition coefficient (Wildman–Crippen LogP) is 0.199. The fourth-order valence-corrected chi connectivity index (χ4v) is 1.84. The summed E-state index contributed by atoms with van der Waals surface area (Å²) in [6.07, 6.45) is 0.338. The second-order valence-corrected chi connectivity index (χ2v) is 4.36. The Morgan fingerprint density at radius 2 is 2.08 bits per heavy atom. The highest BCUT2D eigenvalue weighted by Gasteiger charge is 2.12. The minimum absolute atomic E-state index is 0.166. The van der Waals surface area contributed by atoms with E-state index in [1.165, 1.54) is 0 Å². The van der Waals surface area contributed by atoms with Crippen LogP contribution in [-0.2, 0) is 0 Å². The van der Waals surface area contributed by atoms with E-state index in [4.69, 9.17) is 15.9 Å². The van der Waals surface area contributed by atoms with Crippen molar-refractivity contribution in [3.05, 3.63) is 0 Å². The van der Waals surface area contributed by atoms with Crippen LogP contribution in [0, 0.1) is 0 Å². The second kappa shape index (κ2) is 6.71. The quantitative estimate of drug-likeness (QED) is 0.564. The highest BCUT2D eigenvalue weighted by molar-refractivity contribution is 7.99. The van der Waals surface area contributed by atoms with Crippen LogP contribution in [0.15, 0.2) is 0 Å². The first-order chi connectivity index (χ1) is 5.61. The van der Waals surface area contributed by atoms with Gasteiger partial charge in [0, 0.05) is 17.0 Å². The van der Waals surface area contributed by atoms with Gasteiger partial charge in [-0.2, -0.15) is 11.8 Å². The maximum Gasteiger partial charge on any atom is 0.0861 e. The monoisotopic (exact) mass is 193 g/mol. The highest BCUT2D eigenvalue weighted by atomic mass is 32.2. The fourth-order valence-electron chi connectivity index (χ4n) is 0.771. The highest BCUT2D eigenvalue weighted by Crippen LogP contribution is 2.15. The molecule has 0 heterocycles. The minimum Gasteiger partial charge on any atom is -0.394 e. The zero-order valence-electron chi connectivity index (χ0n) is 7.73. The van der Waals surface area contributed by atoms with Crippen LogP contribution in [0.25, 0.3) is 0 Å². The van der Waals surface area contributed by atoms with Crippen LogP contribution in [0.5, 0.6) is 0 Å². The van der Waals surface area contributed by atoms with Crippen molar-refractivity contribution in [2.24, 2.45) is 5.73 Å². The third kappa shape index (κ3) is 4.98. The van der Waals surface area contributed by atoms with Gasteiger partial charge in [0.05, 0.1) is 12.7 Å². The molecular weight excluding hydrogens is 174 g/mol. The van der Waals surface area contributed by atoms with Crippen molar-refractivity contribution in [1.82, 2.24) is 0 Å². The van der Waals surface area contributed by atoms with E-state index in [9.17, 15) is 0 Å². The lowest BCUT2D eigenvalue weighted by atomic mass is 10.2. The summed E-state index contributed by atoms with van der Waals surface area (Å²) in [4.78, 5) is 0. The van der Waals surface area contributed by atoms with Crippen LogP contribution in [0.2, 0.25) is 0 Å². The van der Waals surface area contributed by atoms with Crippen LogP contribution in [0.4, 0.5) is 0 Å². The molecule has 74 valence electrons. The molecule has 0 aromatic rings. The molecule has 0 fully saturated rings. The normalized spacial score (nSPS) is 18.8. The van der Waals surface area contributed by atoms with Gasteiger partial charge in [0.2, 0.25) is 0 Å². The van der Waals surface area contributed by atoms with Crippen molar-refractivity contribution < 1.29 is 10.2 Å². The molecule has 12 heavy (non-hydrogen) atoms. The molecule has 0 amide bonds. The Morgan fingerprint density at radius 1 is 1.50 bits per heavy atom. The van der Waals surface area contributed by atoms with E-state index >= 15 is 0 Å². The van der Waals surface area contributed by atoms with Gasteiger partial charge in [0.25, 0.3) is 0 Å². The van der Waals surface area contributed by atoms with Crippen molar-refractivity contribution in [2.45, 2.75) is 37.7 Å². The molecule has 0 radical (unpaired) electrons. The van der Waals surface area contributed by atoms with Gasteiger partial charge in [-0.15, -0.1) is 0 Å². The predicted molar refractivity (Wildman–Crippen MR) is 53.3 cm³/mol. The Hall–Kier alpha value is 0.230. The molecule has 0 saturated carbocycles. The lowest BCUT2D eigenvalue weighted by molar-refractivity contribution is 0.113. The maximum atomic E-state index is 9.05. The Balaban J connectivity index is 3.49. The van der Waals surface area contributed by atoms with Crippen molar-refractivity contribution >= 4 is 11.8 Å². The summed E-state index contributed by atoms with van der Waals surface area (Å²) in [5.41, 5.74) is 5.78. The molecule has 3 atom stereocenters. The largest absolute Gasteiger partial charge is 0.394 e.